The van der Waals surface area contributed by atoms with Gasteiger partial charge in [0.15, 0.2) is 6.19 Å². The van der Waals surface area contributed by atoms with Gasteiger partial charge in [-0.15, -0.1) is 0 Å². The number of imidazole rings is 1. The summed E-state index contributed by atoms with van der Waals surface area (Å²) in [6.07, 6.45) is 3.99. The van der Waals surface area contributed by atoms with Crippen LogP contribution < -0.4 is 10.1 Å². The first-order valence-corrected chi connectivity index (χ1v) is 12.9. The normalized spacial score (nSPS) is 17.1. The van der Waals surface area contributed by atoms with E-state index >= 15 is 0 Å². The van der Waals surface area contributed by atoms with E-state index < -0.39 is 5.82 Å². The molecule has 1 atom stereocenters. The molecule has 9 heteroatoms. The van der Waals surface area contributed by atoms with E-state index in [1.807, 2.05) is 30.5 Å². The number of hydrogen-bond acceptors (Lipinski definition) is 6. The third kappa shape index (κ3) is 4.97. The Morgan fingerprint density at radius 2 is 1.82 bits per heavy atom. The van der Waals surface area contributed by atoms with E-state index in [4.69, 9.17) is 14.5 Å². The molecule has 0 radical (unpaired) electrons. The standard InChI is InChI=1S/C30H27F2N5O2/c1-19(16-36-8-10-38-11-9-36)37-28-7-2-20(13-27(28)35-30(37)34-18-33)12-26-24-5-3-22(31)14-21(24)17-39-29-15-23(32)4-6-25(26)29/h2-7,12-15,19H,8-11,16-17H2,1H3,(H,34,35)/t19-/m0/s1. The number of anilines is 1. The van der Waals surface area contributed by atoms with E-state index in [2.05, 4.69) is 21.7 Å². The molecular weight excluding hydrogens is 500 g/mol. The molecule has 1 fully saturated rings. The molecule has 1 N–H and O–H groups in total. The van der Waals surface area contributed by atoms with Crippen LogP contribution in [0.4, 0.5) is 14.7 Å². The second-order valence-corrected chi connectivity index (χ2v) is 9.84. The molecular formula is C30H27F2N5O2. The summed E-state index contributed by atoms with van der Waals surface area (Å²) in [6.45, 7) is 6.24. The number of benzene rings is 3. The van der Waals surface area contributed by atoms with Crippen LogP contribution in [0.3, 0.4) is 0 Å². The summed E-state index contributed by atoms with van der Waals surface area (Å²) in [7, 11) is 0. The molecule has 2 aliphatic rings. The predicted molar refractivity (Wildman–Crippen MR) is 145 cm³/mol. The van der Waals surface area contributed by atoms with Gasteiger partial charge in [0.2, 0.25) is 5.95 Å². The average molecular weight is 528 g/mol. The molecule has 0 bridgehead atoms. The fraction of sp³-hybridized carbons (Fsp3) is 0.267. The molecule has 4 aromatic rings. The highest BCUT2D eigenvalue weighted by Crippen LogP contribution is 2.39. The van der Waals surface area contributed by atoms with E-state index in [0.29, 0.717) is 17.3 Å². The Morgan fingerprint density at radius 1 is 1.05 bits per heavy atom. The van der Waals surface area contributed by atoms with Crippen LogP contribution in [0.25, 0.3) is 22.7 Å². The Hall–Kier alpha value is -4.26. The molecule has 3 heterocycles. The van der Waals surface area contributed by atoms with Crippen molar-refractivity contribution in [2.24, 2.45) is 0 Å². The first-order valence-electron chi connectivity index (χ1n) is 12.9. The summed E-state index contributed by atoms with van der Waals surface area (Å²) in [4.78, 5) is 7.08. The van der Waals surface area contributed by atoms with Gasteiger partial charge in [-0.05, 0) is 66.1 Å². The zero-order valence-electron chi connectivity index (χ0n) is 21.5. The zero-order chi connectivity index (χ0) is 26.9. The van der Waals surface area contributed by atoms with Crippen LogP contribution in [0.15, 0.2) is 54.6 Å². The van der Waals surface area contributed by atoms with Gasteiger partial charge in [-0.1, -0.05) is 12.1 Å². The first kappa shape index (κ1) is 25.0. The Kier molecular flexibility index (Phi) is 6.73. The molecule has 198 valence electrons. The van der Waals surface area contributed by atoms with Crippen molar-refractivity contribution in [2.75, 3.05) is 38.2 Å². The molecule has 1 aromatic heterocycles. The number of nitriles is 1. The number of nitrogens with one attached hydrogen (secondary N) is 1. The second-order valence-electron chi connectivity index (χ2n) is 9.84. The van der Waals surface area contributed by atoms with Gasteiger partial charge in [-0.3, -0.25) is 10.2 Å². The van der Waals surface area contributed by atoms with Gasteiger partial charge in [0.1, 0.15) is 24.0 Å². The summed E-state index contributed by atoms with van der Waals surface area (Å²) in [5, 5.41) is 12.1. The fourth-order valence-corrected chi connectivity index (χ4v) is 5.43. The lowest BCUT2D eigenvalue weighted by atomic mass is 9.92. The molecule has 0 saturated carbocycles. The maximum absolute atomic E-state index is 14.1. The van der Waals surface area contributed by atoms with Crippen molar-refractivity contribution in [3.05, 3.63) is 88.5 Å². The Balaban J connectivity index is 1.43. The Morgan fingerprint density at radius 3 is 2.62 bits per heavy atom. The fourth-order valence-electron chi connectivity index (χ4n) is 5.43. The second kappa shape index (κ2) is 10.5. The van der Waals surface area contributed by atoms with Crippen LogP contribution in [0.2, 0.25) is 0 Å². The van der Waals surface area contributed by atoms with Crippen LogP contribution in [-0.2, 0) is 11.3 Å². The first-order chi connectivity index (χ1) is 19.0. The van der Waals surface area contributed by atoms with Crippen LogP contribution in [-0.4, -0.2) is 47.3 Å². The van der Waals surface area contributed by atoms with Crippen LogP contribution in [0.5, 0.6) is 5.75 Å². The number of fused-ring (bicyclic) bond motifs is 3. The summed E-state index contributed by atoms with van der Waals surface area (Å²) in [6, 6.07) is 15.0. The van der Waals surface area contributed by atoms with Gasteiger partial charge < -0.3 is 14.0 Å². The molecule has 7 nitrogen and oxygen atoms in total. The highest BCUT2D eigenvalue weighted by atomic mass is 19.1. The van der Waals surface area contributed by atoms with Gasteiger partial charge in [0, 0.05) is 42.9 Å². The summed E-state index contributed by atoms with van der Waals surface area (Å²) in [5.74, 6) is 0.133. The topological polar surface area (TPSA) is 75.3 Å². The minimum Gasteiger partial charge on any atom is -0.488 e. The Bertz CT molecular complexity index is 1560. The van der Waals surface area contributed by atoms with Crippen molar-refractivity contribution in [1.29, 1.82) is 5.26 Å². The number of morpholine rings is 1. The van der Waals surface area contributed by atoms with Gasteiger partial charge in [0.25, 0.3) is 0 Å². The number of rotatable bonds is 5. The number of hydrogen-bond donors (Lipinski definition) is 1. The van der Waals surface area contributed by atoms with Crippen molar-refractivity contribution in [1.82, 2.24) is 14.5 Å². The quantitative estimate of drug-likeness (QED) is 0.270. The van der Waals surface area contributed by atoms with Crippen LogP contribution in [0, 0.1) is 23.1 Å². The summed E-state index contributed by atoms with van der Waals surface area (Å²) < 4.78 is 41.5. The molecule has 0 spiro atoms. The summed E-state index contributed by atoms with van der Waals surface area (Å²) >= 11 is 0. The van der Waals surface area contributed by atoms with E-state index in [9.17, 15) is 14.0 Å². The molecule has 2 aliphatic heterocycles. The molecule has 1 saturated heterocycles. The monoisotopic (exact) mass is 527 g/mol. The minimum atomic E-state index is -0.402. The highest BCUT2D eigenvalue weighted by Gasteiger charge is 2.22. The largest absolute Gasteiger partial charge is 0.488 e. The summed E-state index contributed by atoms with van der Waals surface area (Å²) in [5.41, 5.74) is 5.52. The molecule has 0 aliphatic carbocycles. The third-order valence-corrected chi connectivity index (χ3v) is 7.23. The molecule has 3 aromatic carbocycles. The molecule has 6 rings (SSSR count). The molecule has 0 amide bonds. The smallest absolute Gasteiger partial charge is 0.217 e. The molecule has 39 heavy (non-hydrogen) atoms. The van der Waals surface area contributed by atoms with Crippen LogP contribution >= 0.6 is 0 Å². The van der Waals surface area contributed by atoms with Crippen molar-refractivity contribution < 1.29 is 18.3 Å². The number of aromatic nitrogens is 2. The number of halogens is 2. The predicted octanol–water partition coefficient (Wildman–Crippen LogP) is 5.58. The zero-order valence-corrected chi connectivity index (χ0v) is 21.5. The third-order valence-electron chi connectivity index (χ3n) is 7.23. The van der Waals surface area contributed by atoms with Crippen molar-refractivity contribution in [3.8, 4) is 11.9 Å². The maximum atomic E-state index is 14.1. The van der Waals surface area contributed by atoms with E-state index in [0.717, 1.165) is 66.1 Å². The van der Waals surface area contributed by atoms with Gasteiger partial charge >= 0.3 is 0 Å². The SMILES string of the molecule is C[C@@H](CN1CCOCC1)n1c(NC#N)nc2cc(C=C3c4ccc(F)cc4COc4cc(F)ccc43)ccc21. The maximum Gasteiger partial charge on any atom is 0.217 e. The van der Waals surface area contributed by atoms with E-state index in [1.165, 1.54) is 24.3 Å². The van der Waals surface area contributed by atoms with E-state index in [1.54, 1.807) is 12.1 Å². The van der Waals surface area contributed by atoms with Gasteiger partial charge in [-0.25, -0.2) is 13.8 Å². The minimum absolute atomic E-state index is 0.0655. The molecule has 0 unspecified atom stereocenters. The lowest BCUT2D eigenvalue weighted by Crippen LogP contribution is -2.39. The van der Waals surface area contributed by atoms with Crippen LogP contribution in [0.1, 0.15) is 35.2 Å². The number of nitrogens with zero attached hydrogens (tertiary/aromatic N) is 4. The lowest BCUT2D eigenvalue weighted by molar-refractivity contribution is 0.0329. The van der Waals surface area contributed by atoms with Gasteiger partial charge in [-0.2, -0.15) is 5.26 Å². The lowest BCUT2D eigenvalue weighted by Gasteiger charge is -2.30. The number of ether oxygens (including phenoxy) is 2. The van der Waals surface area contributed by atoms with Crippen molar-refractivity contribution in [3.63, 3.8) is 0 Å². The Labute approximate surface area is 224 Å². The van der Waals surface area contributed by atoms with Gasteiger partial charge in [0.05, 0.1) is 24.2 Å². The van der Waals surface area contributed by atoms with Crippen molar-refractivity contribution in [2.45, 2.75) is 19.6 Å². The average Bonchev–Trinajstić information content (AvgIpc) is 3.22. The van der Waals surface area contributed by atoms with E-state index in [-0.39, 0.29) is 18.5 Å². The highest BCUT2D eigenvalue weighted by molar-refractivity contribution is 5.96. The van der Waals surface area contributed by atoms with Crippen molar-refractivity contribution >= 4 is 28.6 Å².